The molecule has 0 fully saturated rings. The molecule has 2 aromatic rings. The molecule has 0 spiro atoms. The molecule has 0 atom stereocenters. The summed E-state index contributed by atoms with van der Waals surface area (Å²) in [5, 5.41) is 0.253. The second-order valence-corrected chi connectivity index (χ2v) is 8.55. The van der Waals surface area contributed by atoms with E-state index in [1.54, 1.807) is 18.2 Å². The van der Waals surface area contributed by atoms with Crippen molar-refractivity contribution in [2.24, 2.45) is 0 Å². The number of benzene rings is 2. The second-order valence-electron chi connectivity index (χ2n) is 5.45. The maximum absolute atomic E-state index is 10.5. The summed E-state index contributed by atoms with van der Waals surface area (Å²) in [6.07, 6.45) is -0.157. The van der Waals surface area contributed by atoms with Gasteiger partial charge >= 0.3 is 119 Å². The van der Waals surface area contributed by atoms with Crippen molar-refractivity contribution in [1.29, 1.82) is 0 Å². The van der Waals surface area contributed by atoms with Gasteiger partial charge in [-0.05, 0) is 0 Å². The van der Waals surface area contributed by atoms with E-state index < -0.39 is 7.28 Å². The molecule has 108 valence electrons. The van der Waals surface area contributed by atoms with Crippen molar-refractivity contribution in [2.75, 3.05) is 0 Å². The molecule has 0 saturated carbocycles. The summed E-state index contributed by atoms with van der Waals surface area (Å²) in [5.41, 5.74) is 3.49. The second kappa shape index (κ2) is 4.94. The molecule has 3 N–H and O–H groups in total. The third-order valence-corrected chi connectivity index (χ3v) is 6.26. The Kier molecular flexibility index (Phi) is 3.74. The van der Waals surface area contributed by atoms with Gasteiger partial charge in [-0.3, -0.25) is 0 Å². The molecule has 0 saturated heterocycles. The fraction of sp³-hybridized carbons (Fsp3) is 0.250. The van der Waals surface area contributed by atoms with Crippen LogP contribution in [0.25, 0.3) is 0 Å². The SMILES string of the molecule is Cc1ccc(P(O)(O)(O)Cc2ccccc2)c(C)c1C. The van der Waals surface area contributed by atoms with Crippen molar-refractivity contribution in [2.45, 2.75) is 26.9 Å². The first-order chi connectivity index (χ1) is 9.19. The van der Waals surface area contributed by atoms with Crippen LogP contribution in [0.4, 0.5) is 0 Å². The fourth-order valence-electron chi connectivity index (χ4n) is 2.44. The summed E-state index contributed by atoms with van der Waals surface area (Å²) < 4.78 is 0. The van der Waals surface area contributed by atoms with Crippen molar-refractivity contribution in [3.63, 3.8) is 0 Å². The number of rotatable bonds is 3. The monoisotopic (exact) mass is 292 g/mol. The van der Waals surface area contributed by atoms with Gasteiger partial charge in [0.2, 0.25) is 0 Å². The molecule has 0 aliphatic rings. The van der Waals surface area contributed by atoms with E-state index in [4.69, 9.17) is 0 Å². The van der Waals surface area contributed by atoms with E-state index in [9.17, 15) is 14.7 Å². The molecule has 0 bridgehead atoms. The predicted molar refractivity (Wildman–Crippen MR) is 84.0 cm³/mol. The standard InChI is InChI=1S/C16H21O3P/c1-12-9-10-16(14(3)13(12)2)20(17,18,19)11-15-7-5-4-6-8-15/h4-10,17-19H,11H2,1-3H3. The Labute approximate surface area is 119 Å². The summed E-state index contributed by atoms with van der Waals surface area (Å²) >= 11 is 0. The van der Waals surface area contributed by atoms with Crippen LogP contribution in [0.5, 0.6) is 0 Å². The Morgan fingerprint density at radius 3 is 2.00 bits per heavy atom. The minimum absolute atomic E-state index is 0.157. The molecule has 4 heteroatoms. The summed E-state index contributed by atoms with van der Waals surface area (Å²) in [7, 11) is -4.90. The van der Waals surface area contributed by atoms with Crippen LogP contribution in [0.1, 0.15) is 22.3 Å². The van der Waals surface area contributed by atoms with Gasteiger partial charge < -0.3 is 0 Å². The van der Waals surface area contributed by atoms with Crippen LogP contribution in [-0.4, -0.2) is 14.7 Å². The summed E-state index contributed by atoms with van der Waals surface area (Å²) in [5.74, 6) is 0. The first-order valence-corrected chi connectivity index (χ1v) is 8.84. The van der Waals surface area contributed by atoms with Gasteiger partial charge in [-0.2, -0.15) is 0 Å². The van der Waals surface area contributed by atoms with Gasteiger partial charge in [-0.25, -0.2) is 0 Å². The number of hydrogen-bond donors (Lipinski definition) is 3. The first-order valence-electron chi connectivity index (χ1n) is 6.56. The van der Waals surface area contributed by atoms with Gasteiger partial charge in [0.25, 0.3) is 0 Å². The minimum atomic E-state index is -4.90. The van der Waals surface area contributed by atoms with Crippen LogP contribution < -0.4 is 5.30 Å². The van der Waals surface area contributed by atoms with Gasteiger partial charge in [0.15, 0.2) is 0 Å². The maximum atomic E-state index is 10.5. The predicted octanol–water partition coefficient (Wildman–Crippen LogP) is 2.71. The molecule has 0 heterocycles. The van der Waals surface area contributed by atoms with Gasteiger partial charge in [0.1, 0.15) is 0 Å². The Morgan fingerprint density at radius 2 is 1.40 bits per heavy atom. The third kappa shape index (κ3) is 2.92. The van der Waals surface area contributed by atoms with E-state index in [1.165, 1.54) is 0 Å². The zero-order chi connectivity index (χ0) is 15.0. The Morgan fingerprint density at radius 1 is 0.800 bits per heavy atom. The Bertz CT molecular complexity index is 627. The Hall–Kier alpha value is -1.25. The molecule has 3 nitrogen and oxygen atoms in total. The van der Waals surface area contributed by atoms with Gasteiger partial charge in [0.05, 0.1) is 0 Å². The summed E-state index contributed by atoms with van der Waals surface area (Å²) in [6.45, 7) is 5.69. The summed E-state index contributed by atoms with van der Waals surface area (Å²) in [4.78, 5) is 31.6. The molecule has 0 aromatic heterocycles. The van der Waals surface area contributed by atoms with Crippen LogP contribution >= 0.6 is 7.28 Å². The van der Waals surface area contributed by atoms with E-state index in [-0.39, 0.29) is 11.5 Å². The van der Waals surface area contributed by atoms with Crippen molar-refractivity contribution < 1.29 is 14.7 Å². The topological polar surface area (TPSA) is 60.7 Å². The van der Waals surface area contributed by atoms with Crippen molar-refractivity contribution in [3.8, 4) is 0 Å². The van der Waals surface area contributed by atoms with Crippen molar-refractivity contribution in [3.05, 3.63) is 64.7 Å². The van der Waals surface area contributed by atoms with E-state index in [0.717, 1.165) is 16.7 Å². The zero-order valence-corrected chi connectivity index (χ0v) is 12.9. The van der Waals surface area contributed by atoms with Crippen molar-refractivity contribution >= 4 is 12.6 Å². The Balaban J connectivity index is 2.50. The van der Waals surface area contributed by atoms with E-state index in [0.29, 0.717) is 5.56 Å². The molecule has 0 radical (unpaired) electrons. The van der Waals surface area contributed by atoms with Crippen LogP contribution in [0.15, 0.2) is 42.5 Å². The quantitative estimate of drug-likeness (QED) is 0.762. The van der Waals surface area contributed by atoms with Crippen LogP contribution in [-0.2, 0) is 6.16 Å². The third-order valence-electron chi connectivity index (χ3n) is 3.84. The van der Waals surface area contributed by atoms with Gasteiger partial charge in [-0.1, -0.05) is 0 Å². The zero-order valence-electron chi connectivity index (χ0n) is 12.0. The van der Waals surface area contributed by atoms with Crippen molar-refractivity contribution in [1.82, 2.24) is 0 Å². The summed E-state index contributed by atoms with van der Waals surface area (Å²) in [6, 6.07) is 12.5. The van der Waals surface area contributed by atoms with E-state index >= 15 is 0 Å². The fourth-order valence-corrected chi connectivity index (χ4v) is 4.73. The van der Waals surface area contributed by atoms with Gasteiger partial charge in [-0.15, -0.1) is 0 Å². The normalized spacial score (nSPS) is 13.8. The number of hydrogen-bond acceptors (Lipinski definition) is 3. The molecule has 0 aliphatic carbocycles. The first kappa shape index (κ1) is 15.1. The molecule has 2 rings (SSSR count). The molecule has 0 amide bonds. The molecule has 20 heavy (non-hydrogen) atoms. The van der Waals surface area contributed by atoms with E-state index in [2.05, 4.69) is 0 Å². The molecule has 0 aliphatic heterocycles. The van der Waals surface area contributed by atoms with Gasteiger partial charge in [0, 0.05) is 0 Å². The molecule has 0 unspecified atom stereocenters. The molecular formula is C16H21O3P. The average Bonchev–Trinajstić information content (AvgIpc) is 2.35. The molecular weight excluding hydrogens is 271 g/mol. The van der Waals surface area contributed by atoms with E-state index in [1.807, 2.05) is 45.0 Å². The molecule has 2 aromatic carbocycles. The van der Waals surface area contributed by atoms with Crippen LogP contribution in [0.3, 0.4) is 0 Å². The van der Waals surface area contributed by atoms with Crippen LogP contribution in [0.2, 0.25) is 0 Å². The van der Waals surface area contributed by atoms with Crippen LogP contribution in [0, 0.1) is 20.8 Å². The average molecular weight is 292 g/mol. The number of aryl methyl sites for hydroxylation is 1.